The van der Waals surface area contributed by atoms with Crippen LogP contribution in [0.5, 0.6) is 11.5 Å². The van der Waals surface area contributed by atoms with Gasteiger partial charge in [-0.2, -0.15) is 8.78 Å². The smallest absolute Gasteiger partial charge is 0.387 e. The van der Waals surface area contributed by atoms with Gasteiger partial charge < -0.3 is 19.5 Å². The Kier molecular flexibility index (Phi) is 7.04. The van der Waals surface area contributed by atoms with E-state index in [2.05, 4.69) is 10.1 Å². The summed E-state index contributed by atoms with van der Waals surface area (Å²) in [6, 6.07) is 8.89. The van der Waals surface area contributed by atoms with Crippen LogP contribution < -0.4 is 14.8 Å². The van der Waals surface area contributed by atoms with Gasteiger partial charge >= 0.3 is 12.6 Å². The van der Waals surface area contributed by atoms with Crippen molar-refractivity contribution in [1.82, 2.24) is 5.32 Å². The molecule has 0 saturated carbocycles. The van der Waals surface area contributed by atoms with Gasteiger partial charge in [0.05, 0.1) is 12.7 Å². The first-order valence-electron chi connectivity index (χ1n) is 7.70. The van der Waals surface area contributed by atoms with E-state index in [0.29, 0.717) is 5.56 Å². The summed E-state index contributed by atoms with van der Waals surface area (Å²) in [6.45, 7) is -3.46. The quantitative estimate of drug-likeness (QED) is 0.710. The fourth-order valence-corrected chi connectivity index (χ4v) is 2.07. The number of carbonyl (C=O) groups excluding carboxylic acids is 2. The third kappa shape index (κ3) is 6.21. The van der Waals surface area contributed by atoms with Gasteiger partial charge in [0, 0.05) is 6.54 Å². The number of alkyl halides is 2. The molecule has 2 aromatic rings. The van der Waals surface area contributed by atoms with Crippen LogP contribution in [-0.2, 0) is 16.1 Å². The molecule has 2 aromatic carbocycles. The lowest BCUT2D eigenvalue weighted by molar-refractivity contribution is -0.124. The van der Waals surface area contributed by atoms with E-state index in [4.69, 9.17) is 9.47 Å². The van der Waals surface area contributed by atoms with E-state index < -0.39 is 30.9 Å². The Balaban J connectivity index is 1.84. The number of esters is 1. The molecule has 9 heteroatoms. The molecule has 1 amide bonds. The fraction of sp³-hybridized carbons (Fsp3) is 0.222. The van der Waals surface area contributed by atoms with E-state index >= 15 is 0 Å². The molecule has 0 heterocycles. The second-order valence-electron chi connectivity index (χ2n) is 5.22. The minimum absolute atomic E-state index is 0.0538. The highest BCUT2D eigenvalue weighted by Gasteiger charge is 2.13. The number of methoxy groups -OCH3 is 1. The first-order valence-corrected chi connectivity index (χ1v) is 7.70. The maximum atomic E-state index is 12.8. The number of rotatable bonds is 8. The molecule has 6 nitrogen and oxygen atoms in total. The molecule has 1 N–H and O–H groups in total. The van der Waals surface area contributed by atoms with Crippen molar-refractivity contribution in [2.24, 2.45) is 0 Å². The molecule has 0 saturated heterocycles. The van der Waals surface area contributed by atoms with Crippen LogP contribution in [0.3, 0.4) is 0 Å². The van der Waals surface area contributed by atoms with Crippen LogP contribution in [0.15, 0.2) is 42.5 Å². The molecule has 2 rings (SSSR count). The average molecular weight is 383 g/mol. The van der Waals surface area contributed by atoms with Crippen LogP contribution in [0.4, 0.5) is 13.2 Å². The predicted molar refractivity (Wildman–Crippen MR) is 88.2 cm³/mol. The number of benzene rings is 2. The SMILES string of the molecule is COc1cc(CNC(=O)COC(=O)c2ccc(F)cc2)ccc1OC(F)F. The second-order valence-corrected chi connectivity index (χ2v) is 5.22. The topological polar surface area (TPSA) is 73.9 Å². The lowest BCUT2D eigenvalue weighted by atomic mass is 10.2. The minimum atomic E-state index is -2.99. The third-order valence-electron chi connectivity index (χ3n) is 3.35. The van der Waals surface area contributed by atoms with Gasteiger partial charge in [0.25, 0.3) is 5.91 Å². The Morgan fingerprint density at radius 2 is 1.78 bits per heavy atom. The van der Waals surface area contributed by atoms with Crippen molar-refractivity contribution in [3.05, 3.63) is 59.4 Å². The van der Waals surface area contributed by atoms with Gasteiger partial charge in [-0.15, -0.1) is 0 Å². The molecule has 0 spiro atoms. The van der Waals surface area contributed by atoms with Crippen molar-refractivity contribution in [2.45, 2.75) is 13.2 Å². The molecular formula is C18H16F3NO5. The van der Waals surface area contributed by atoms with Crippen LogP contribution in [0, 0.1) is 5.82 Å². The molecule has 0 aliphatic carbocycles. The number of nitrogens with one attached hydrogen (secondary N) is 1. The molecular weight excluding hydrogens is 367 g/mol. The van der Waals surface area contributed by atoms with Crippen molar-refractivity contribution in [3.8, 4) is 11.5 Å². The molecule has 0 aliphatic heterocycles. The highest BCUT2D eigenvalue weighted by atomic mass is 19.3. The average Bonchev–Trinajstić information content (AvgIpc) is 2.65. The Morgan fingerprint density at radius 3 is 2.41 bits per heavy atom. The van der Waals surface area contributed by atoms with E-state index in [0.717, 1.165) is 12.1 Å². The van der Waals surface area contributed by atoms with Crippen molar-refractivity contribution in [1.29, 1.82) is 0 Å². The largest absolute Gasteiger partial charge is 0.493 e. The summed E-state index contributed by atoms with van der Waals surface area (Å²) in [5.74, 6) is -1.87. The van der Waals surface area contributed by atoms with E-state index in [-0.39, 0.29) is 23.6 Å². The van der Waals surface area contributed by atoms with Gasteiger partial charge in [-0.3, -0.25) is 4.79 Å². The van der Waals surface area contributed by atoms with Gasteiger partial charge in [0.2, 0.25) is 0 Å². The summed E-state index contributed by atoms with van der Waals surface area (Å²) >= 11 is 0. The van der Waals surface area contributed by atoms with E-state index in [1.165, 1.54) is 37.4 Å². The van der Waals surface area contributed by atoms with Crippen LogP contribution >= 0.6 is 0 Å². The molecule has 0 radical (unpaired) electrons. The fourth-order valence-electron chi connectivity index (χ4n) is 2.07. The van der Waals surface area contributed by atoms with Crippen molar-refractivity contribution >= 4 is 11.9 Å². The second kappa shape index (κ2) is 9.46. The molecule has 0 aromatic heterocycles. The Hall–Kier alpha value is -3.23. The van der Waals surface area contributed by atoms with Crippen molar-refractivity contribution < 1.29 is 37.0 Å². The number of hydrogen-bond donors (Lipinski definition) is 1. The molecule has 0 bridgehead atoms. The Labute approximate surface area is 152 Å². The first kappa shape index (κ1) is 20.1. The third-order valence-corrected chi connectivity index (χ3v) is 3.35. The molecule has 27 heavy (non-hydrogen) atoms. The summed E-state index contributed by atoms with van der Waals surface area (Å²) < 4.78 is 51.5. The lowest BCUT2D eigenvalue weighted by Gasteiger charge is -2.12. The summed E-state index contributed by atoms with van der Waals surface area (Å²) in [4.78, 5) is 23.5. The maximum Gasteiger partial charge on any atom is 0.387 e. The van der Waals surface area contributed by atoms with Crippen molar-refractivity contribution in [3.63, 3.8) is 0 Å². The Bertz CT molecular complexity index is 796. The molecule has 0 aliphatic rings. The summed E-state index contributed by atoms with van der Waals surface area (Å²) in [7, 11) is 1.30. The number of amides is 1. The number of hydrogen-bond acceptors (Lipinski definition) is 5. The highest BCUT2D eigenvalue weighted by molar-refractivity contribution is 5.91. The summed E-state index contributed by atoms with van der Waals surface area (Å²) in [6.07, 6.45) is 0. The van der Waals surface area contributed by atoms with Crippen LogP contribution in [0.1, 0.15) is 15.9 Å². The lowest BCUT2D eigenvalue weighted by Crippen LogP contribution is -2.28. The maximum absolute atomic E-state index is 12.8. The van der Waals surface area contributed by atoms with Crippen molar-refractivity contribution in [2.75, 3.05) is 13.7 Å². The molecule has 0 unspecified atom stereocenters. The first-order chi connectivity index (χ1) is 12.9. The monoisotopic (exact) mass is 383 g/mol. The molecule has 144 valence electrons. The van der Waals surface area contributed by atoms with Gasteiger partial charge in [0.15, 0.2) is 18.1 Å². The van der Waals surface area contributed by atoms with Gasteiger partial charge in [-0.05, 0) is 42.0 Å². The van der Waals surface area contributed by atoms with Crippen LogP contribution in [0.25, 0.3) is 0 Å². The van der Waals surface area contributed by atoms with Gasteiger partial charge in [-0.25, -0.2) is 9.18 Å². The summed E-state index contributed by atoms with van der Waals surface area (Å²) in [5.41, 5.74) is 0.676. The standard InChI is InChI=1S/C18H16F3NO5/c1-25-15-8-11(2-7-14(15)27-18(20)21)9-22-16(23)10-26-17(24)12-3-5-13(19)6-4-12/h2-8,18H,9-10H2,1H3,(H,22,23). The zero-order chi connectivity index (χ0) is 19.8. The zero-order valence-corrected chi connectivity index (χ0v) is 14.2. The molecule has 0 atom stereocenters. The van der Waals surface area contributed by atoms with Crippen LogP contribution in [0.2, 0.25) is 0 Å². The van der Waals surface area contributed by atoms with E-state index in [1.54, 1.807) is 0 Å². The number of halogens is 3. The van der Waals surface area contributed by atoms with Gasteiger partial charge in [-0.1, -0.05) is 6.07 Å². The molecule has 0 fully saturated rings. The number of carbonyl (C=O) groups is 2. The van der Waals surface area contributed by atoms with E-state index in [1.807, 2.05) is 0 Å². The van der Waals surface area contributed by atoms with Gasteiger partial charge in [0.1, 0.15) is 5.82 Å². The summed E-state index contributed by atoms with van der Waals surface area (Å²) in [5, 5.41) is 2.51. The van der Waals surface area contributed by atoms with E-state index in [9.17, 15) is 22.8 Å². The predicted octanol–water partition coefficient (Wildman–Crippen LogP) is 2.91. The number of ether oxygens (including phenoxy) is 3. The minimum Gasteiger partial charge on any atom is -0.493 e. The zero-order valence-electron chi connectivity index (χ0n) is 14.2. The normalized spacial score (nSPS) is 10.4. The highest BCUT2D eigenvalue weighted by Crippen LogP contribution is 2.29. The Morgan fingerprint density at radius 1 is 1.07 bits per heavy atom. The van der Waals surface area contributed by atoms with Crippen LogP contribution in [-0.4, -0.2) is 32.2 Å².